The summed E-state index contributed by atoms with van der Waals surface area (Å²) in [6.45, 7) is 4.00. The minimum atomic E-state index is 0.272. The van der Waals surface area contributed by atoms with E-state index in [0.29, 0.717) is 17.0 Å². The van der Waals surface area contributed by atoms with Crippen LogP contribution in [0.3, 0.4) is 0 Å². The molecule has 0 N–H and O–H groups in total. The van der Waals surface area contributed by atoms with Crippen LogP contribution in [0.2, 0.25) is 5.02 Å². The lowest BCUT2D eigenvalue weighted by atomic mass is 10.1. The minimum Gasteiger partial charge on any atom is -0.296 e. The van der Waals surface area contributed by atoms with Crippen LogP contribution < -0.4 is 0 Å². The number of benzene rings is 2. The molecule has 0 aliphatic heterocycles. The Hall–Kier alpha value is -2.46. The van der Waals surface area contributed by atoms with Crippen LogP contribution in [-0.2, 0) is 0 Å². The molecule has 0 saturated carbocycles. The first-order valence-corrected chi connectivity index (χ1v) is 7.23. The number of aldehydes is 1. The van der Waals surface area contributed by atoms with E-state index in [4.69, 9.17) is 11.6 Å². The fraction of sp³-hybridized carbons (Fsp3) is 0.118. The van der Waals surface area contributed by atoms with Gasteiger partial charge in [0.2, 0.25) is 0 Å². The highest BCUT2D eigenvalue weighted by Crippen LogP contribution is 2.31. The van der Waals surface area contributed by atoms with Gasteiger partial charge in [-0.15, -0.1) is 5.10 Å². The lowest BCUT2D eigenvalue weighted by Gasteiger charge is -2.11. The molecule has 0 fully saturated rings. The van der Waals surface area contributed by atoms with E-state index in [1.165, 1.54) is 0 Å². The maximum Gasteiger partial charge on any atom is 0.172 e. The van der Waals surface area contributed by atoms with Crippen molar-refractivity contribution in [2.75, 3.05) is 0 Å². The SMILES string of the molecule is Cc1ccc(C)c(-n2nnc(C=O)c2-c2ccccc2Cl)c1. The van der Waals surface area contributed by atoms with Crippen molar-refractivity contribution >= 4 is 17.9 Å². The highest BCUT2D eigenvalue weighted by atomic mass is 35.5. The fourth-order valence-corrected chi connectivity index (χ4v) is 2.62. The predicted molar refractivity (Wildman–Crippen MR) is 86.7 cm³/mol. The Labute approximate surface area is 133 Å². The lowest BCUT2D eigenvalue weighted by molar-refractivity contribution is 0.111. The fourth-order valence-electron chi connectivity index (χ4n) is 2.39. The normalized spacial score (nSPS) is 10.7. The second-order valence-electron chi connectivity index (χ2n) is 5.12. The van der Waals surface area contributed by atoms with Gasteiger partial charge in [-0.3, -0.25) is 4.79 Å². The molecule has 3 rings (SSSR count). The Morgan fingerprint density at radius 3 is 2.64 bits per heavy atom. The number of rotatable bonds is 3. The average Bonchev–Trinajstić information content (AvgIpc) is 2.93. The van der Waals surface area contributed by atoms with Gasteiger partial charge in [0.15, 0.2) is 12.0 Å². The number of aryl methyl sites for hydroxylation is 2. The van der Waals surface area contributed by atoms with E-state index in [-0.39, 0.29) is 5.69 Å². The molecule has 1 heterocycles. The van der Waals surface area contributed by atoms with Crippen molar-refractivity contribution in [1.29, 1.82) is 0 Å². The molecule has 5 heteroatoms. The first-order chi connectivity index (χ1) is 10.6. The van der Waals surface area contributed by atoms with Gasteiger partial charge in [-0.2, -0.15) is 0 Å². The second-order valence-corrected chi connectivity index (χ2v) is 5.53. The Balaban J connectivity index is 2.31. The van der Waals surface area contributed by atoms with Crippen molar-refractivity contribution in [3.8, 4) is 16.9 Å². The average molecular weight is 312 g/mol. The molecular weight excluding hydrogens is 298 g/mol. The standard InChI is InChI=1S/C17H14ClN3O/c1-11-7-8-12(2)16(9-11)21-17(15(10-22)19-20-21)13-5-3-4-6-14(13)18/h3-10H,1-2H3. The Morgan fingerprint density at radius 2 is 1.91 bits per heavy atom. The van der Waals surface area contributed by atoms with E-state index in [1.807, 2.05) is 50.2 Å². The van der Waals surface area contributed by atoms with Gasteiger partial charge in [0.25, 0.3) is 0 Å². The van der Waals surface area contributed by atoms with Crippen LogP contribution in [0.25, 0.3) is 16.9 Å². The number of carbonyl (C=O) groups is 1. The van der Waals surface area contributed by atoms with Gasteiger partial charge in [-0.25, -0.2) is 4.68 Å². The van der Waals surface area contributed by atoms with Crippen LogP contribution in [-0.4, -0.2) is 21.3 Å². The monoisotopic (exact) mass is 311 g/mol. The molecule has 0 spiro atoms. The number of halogens is 1. The minimum absolute atomic E-state index is 0.272. The van der Waals surface area contributed by atoms with Gasteiger partial charge < -0.3 is 0 Å². The summed E-state index contributed by atoms with van der Waals surface area (Å²) in [6.07, 6.45) is 0.702. The lowest BCUT2D eigenvalue weighted by Crippen LogP contribution is -2.03. The van der Waals surface area contributed by atoms with Gasteiger partial charge in [0, 0.05) is 5.56 Å². The van der Waals surface area contributed by atoms with Crippen LogP contribution in [0, 0.1) is 13.8 Å². The third-order valence-electron chi connectivity index (χ3n) is 3.53. The number of hydrogen-bond donors (Lipinski definition) is 0. The van der Waals surface area contributed by atoms with Gasteiger partial charge in [0.05, 0.1) is 10.7 Å². The van der Waals surface area contributed by atoms with E-state index in [9.17, 15) is 4.79 Å². The molecule has 0 aliphatic carbocycles. The third kappa shape index (κ3) is 2.42. The molecule has 0 atom stereocenters. The number of hydrogen-bond acceptors (Lipinski definition) is 3. The topological polar surface area (TPSA) is 47.8 Å². The van der Waals surface area contributed by atoms with Crippen LogP contribution in [0.15, 0.2) is 42.5 Å². The van der Waals surface area contributed by atoms with Crippen LogP contribution in [0.4, 0.5) is 0 Å². The van der Waals surface area contributed by atoms with Crippen LogP contribution in [0.1, 0.15) is 21.6 Å². The van der Waals surface area contributed by atoms with E-state index >= 15 is 0 Å². The maximum atomic E-state index is 11.3. The molecule has 3 aromatic rings. The van der Waals surface area contributed by atoms with Gasteiger partial charge in [-0.1, -0.05) is 47.1 Å². The first-order valence-electron chi connectivity index (χ1n) is 6.85. The van der Waals surface area contributed by atoms with Crippen LogP contribution in [0.5, 0.6) is 0 Å². The third-order valence-corrected chi connectivity index (χ3v) is 3.86. The van der Waals surface area contributed by atoms with Crippen molar-refractivity contribution in [1.82, 2.24) is 15.0 Å². The van der Waals surface area contributed by atoms with E-state index in [0.717, 1.165) is 22.4 Å². The Morgan fingerprint density at radius 1 is 1.14 bits per heavy atom. The molecule has 0 unspecified atom stereocenters. The summed E-state index contributed by atoms with van der Waals surface area (Å²) >= 11 is 6.29. The highest BCUT2D eigenvalue weighted by Gasteiger charge is 2.19. The smallest absolute Gasteiger partial charge is 0.172 e. The number of aromatic nitrogens is 3. The highest BCUT2D eigenvalue weighted by molar-refractivity contribution is 6.33. The van der Waals surface area contributed by atoms with Crippen molar-refractivity contribution in [3.63, 3.8) is 0 Å². The summed E-state index contributed by atoms with van der Waals surface area (Å²) < 4.78 is 1.67. The zero-order chi connectivity index (χ0) is 15.7. The molecule has 0 saturated heterocycles. The zero-order valence-electron chi connectivity index (χ0n) is 12.2. The van der Waals surface area contributed by atoms with E-state index < -0.39 is 0 Å². The van der Waals surface area contributed by atoms with Gasteiger partial charge in [0.1, 0.15) is 5.69 Å². The van der Waals surface area contributed by atoms with Gasteiger partial charge >= 0.3 is 0 Å². The summed E-state index contributed by atoms with van der Waals surface area (Å²) in [6, 6.07) is 13.4. The van der Waals surface area contributed by atoms with Crippen molar-refractivity contribution < 1.29 is 4.79 Å². The molecule has 0 radical (unpaired) electrons. The largest absolute Gasteiger partial charge is 0.296 e. The van der Waals surface area contributed by atoms with Crippen molar-refractivity contribution in [2.45, 2.75) is 13.8 Å². The summed E-state index contributed by atoms with van der Waals surface area (Å²) in [5, 5.41) is 8.69. The predicted octanol–water partition coefficient (Wildman–Crippen LogP) is 4.02. The van der Waals surface area contributed by atoms with E-state index in [1.54, 1.807) is 10.7 Å². The summed E-state index contributed by atoms with van der Waals surface area (Å²) in [4.78, 5) is 11.3. The molecular formula is C17H14ClN3O. The first kappa shape index (κ1) is 14.5. The molecule has 2 aromatic carbocycles. The Kier molecular flexibility index (Phi) is 3.77. The molecule has 110 valence electrons. The van der Waals surface area contributed by atoms with E-state index in [2.05, 4.69) is 10.3 Å². The summed E-state index contributed by atoms with van der Waals surface area (Å²) in [5.41, 5.74) is 4.64. The zero-order valence-corrected chi connectivity index (χ0v) is 13.0. The van der Waals surface area contributed by atoms with Crippen molar-refractivity contribution in [2.24, 2.45) is 0 Å². The molecule has 0 bridgehead atoms. The quantitative estimate of drug-likeness (QED) is 0.686. The molecule has 4 nitrogen and oxygen atoms in total. The molecule has 0 amide bonds. The van der Waals surface area contributed by atoms with Crippen LogP contribution >= 0.6 is 11.6 Å². The summed E-state index contributed by atoms with van der Waals surface area (Å²) in [7, 11) is 0. The second kappa shape index (κ2) is 5.73. The number of nitrogens with zero attached hydrogens (tertiary/aromatic N) is 3. The Bertz CT molecular complexity index is 855. The van der Waals surface area contributed by atoms with Crippen molar-refractivity contribution in [3.05, 3.63) is 64.3 Å². The number of carbonyl (C=O) groups excluding carboxylic acids is 1. The molecule has 1 aromatic heterocycles. The van der Waals surface area contributed by atoms with Gasteiger partial charge in [-0.05, 0) is 37.1 Å². The maximum absolute atomic E-state index is 11.3. The molecule has 22 heavy (non-hydrogen) atoms. The summed E-state index contributed by atoms with van der Waals surface area (Å²) in [5.74, 6) is 0. The molecule has 0 aliphatic rings.